The fraction of sp³-hybridized carbons (Fsp3) is 0.917. The Hall–Kier alpha value is -0.570. The van der Waals surface area contributed by atoms with Crippen LogP contribution in [0.1, 0.15) is 32.6 Å². The van der Waals surface area contributed by atoms with E-state index in [1.165, 1.54) is 25.7 Å². The van der Waals surface area contributed by atoms with Crippen LogP contribution in [0, 0.1) is 17.3 Å². The van der Waals surface area contributed by atoms with Crippen molar-refractivity contribution in [1.82, 2.24) is 5.32 Å². The van der Waals surface area contributed by atoms with Crippen LogP contribution in [0.3, 0.4) is 0 Å². The van der Waals surface area contributed by atoms with Gasteiger partial charge in [-0.3, -0.25) is 4.79 Å². The molecule has 1 N–H and O–H groups in total. The van der Waals surface area contributed by atoms with Gasteiger partial charge in [-0.2, -0.15) is 0 Å². The van der Waals surface area contributed by atoms with Crippen LogP contribution >= 0.6 is 0 Å². The number of fused-ring (bicyclic) bond motifs is 2. The third-order valence-corrected chi connectivity index (χ3v) is 4.70. The minimum Gasteiger partial charge on any atom is -0.465 e. The fourth-order valence-corrected chi connectivity index (χ4v) is 3.74. The summed E-state index contributed by atoms with van der Waals surface area (Å²) in [5, 5.41) is 3.36. The molecule has 3 nitrogen and oxygen atoms in total. The van der Waals surface area contributed by atoms with Crippen LogP contribution in [0.5, 0.6) is 0 Å². The van der Waals surface area contributed by atoms with Crippen LogP contribution < -0.4 is 5.32 Å². The Morgan fingerprint density at radius 2 is 2.27 bits per heavy atom. The highest BCUT2D eigenvalue weighted by Gasteiger charge is 2.60. The van der Waals surface area contributed by atoms with Crippen molar-refractivity contribution in [2.24, 2.45) is 17.3 Å². The van der Waals surface area contributed by atoms with E-state index in [2.05, 4.69) is 5.32 Å². The molecule has 0 aromatic rings. The molecule has 0 amide bonds. The van der Waals surface area contributed by atoms with Crippen molar-refractivity contribution in [2.75, 3.05) is 13.2 Å². The molecule has 3 aliphatic rings. The van der Waals surface area contributed by atoms with Gasteiger partial charge in [0.25, 0.3) is 0 Å². The van der Waals surface area contributed by atoms with Crippen LogP contribution in [-0.2, 0) is 9.53 Å². The molecule has 15 heavy (non-hydrogen) atoms. The van der Waals surface area contributed by atoms with Crippen LogP contribution in [-0.4, -0.2) is 25.2 Å². The molecule has 3 rings (SSSR count). The summed E-state index contributed by atoms with van der Waals surface area (Å²) in [6, 6.07) is -0.00470. The highest BCUT2D eigenvalue weighted by Crippen LogP contribution is 2.64. The van der Waals surface area contributed by atoms with E-state index in [0.717, 1.165) is 12.5 Å². The average Bonchev–Trinajstić information content (AvgIpc) is 2.72. The number of nitrogens with one attached hydrogen (secondary N) is 1. The molecule has 0 aromatic carbocycles. The second-order valence-corrected chi connectivity index (χ2v) is 5.31. The molecule has 1 saturated heterocycles. The largest absolute Gasteiger partial charge is 0.465 e. The van der Waals surface area contributed by atoms with E-state index in [1.807, 2.05) is 6.92 Å². The molecule has 2 saturated carbocycles. The van der Waals surface area contributed by atoms with Crippen molar-refractivity contribution in [3.8, 4) is 0 Å². The van der Waals surface area contributed by atoms with Crippen molar-refractivity contribution in [1.29, 1.82) is 0 Å². The van der Waals surface area contributed by atoms with Crippen molar-refractivity contribution < 1.29 is 9.53 Å². The molecule has 84 valence electrons. The zero-order valence-electron chi connectivity index (χ0n) is 9.29. The van der Waals surface area contributed by atoms with Gasteiger partial charge in [-0.05, 0) is 56.4 Å². The Labute approximate surface area is 90.6 Å². The van der Waals surface area contributed by atoms with Crippen molar-refractivity contribution in [3.63, 3.8) is 0 Å². The number of esters is 1. The minimum absolute atomic E-state index is 0.00470. The van der Waals surface area contributed by atoms with Crippen LogP contribution in [0.15, 0.2) is 0 Å². The standard InChI is InChI=1S/C12H19NO2/c1-2-15-11(14)10-8-3-4-12(5-6-12)9(8)7-13-10/h8-10,13H,2-7H2,1H3/t8-,9?,10-/m0/s1. The molecule has 3 heteroatoms. The number of ether oxygens (including phenoxy) is 1. The molecule has 1 spiro atoms. The number of rotatable bonds is 2. The molecular formula is C12H19NO2. The zero-order chi connectivity index (χ0) is 10.5. The Balaban J connectivity index is 1.71. The predicted octanol–water partition coefficient (Wildman–Crippen LogP) is 1.33. The fourth-order valence-electron chi connectivity index (χ4n) is 3.74. The lowest BCUT2D eigenvalue weighted by Crippen LogP contribution is -2.37. The van der Waals surface area contributed by atoms with Gasteiger partial charge in [-0.25, -0.2) is 0 Å². The van der Waals surface area contributed by atoms with Crippen molar-refractivity contribution in [2.45, 2.75) is 38.6 Å². The maximum Gasteiger partial charge on any atom is 0.323 e. The number of carbonyl (C=O) groups excluding carboxylic acids is 1. The van der Waals surface area contributed by atoms with E-state index in [-0.39, 0.29) is 12.0 Å². The van der Waals surface area contributed by atoms with Gasteiger partial charge in [0, 0.05) is 0 Å². The van der Waals surface area contributed by atoms with Crippen LogP contribution in [0.2, 0.25) is 0 Å². The summed E-state index contributed by atoms with van der Waals surface area (Å²) in [6.45, 7) is 3.41. The lowest BCUT2D eigenvalue weighted by atomic mass is 9.87. The molecule has 3 fully saturated rings. The molecule has 0 aromatic heterocycles. The third-order valence-electron chi connectivity index (χ3n) is 4.70. The van der Waals surface area contributed by atoms with Gasteiger partial charge >= 0.3 is 5.97 Å². The van der Waals surface area contributed by atoms with Crippen LogP contribution in [0.4, 0.5) is 0 Å². The topological polar surface area (TPSA) is 38.3 Å². The van der Waals surface area contributed by atoms with Gasteiger partial charge in [0.05, 0.1) is 6.61 Å². The molecule has 2 aliphatic carbocycles. The Morgan fingerprint density at radius 1 is 1.47 bits per heavy atom. The number of carbonyl (C=O) groups is 1. The first-order valence-electron chi connectivity index (χ1n) is 6.17. The van der Waals surface area contributed by atoms with E-state index in [9.17, 15) is 4.79 Å². The first-order chi connectivity index (χ1) is 7.27. The molecule has 3 atom stereocenters. The summed E-state index contributed by atoms with van der Waals surface area (Å²) in [7, 11) is 0. The first-order valence-corrected chi connectivity index (χ1v) is 6.17. The quantitative estimate of drug-likeness (QED) is 0.697. The highest BCUT2D eigenvalue weighted by molar-refractivity contribution is 5.76. The van der Waals surface area contributed by atoms with Gasteiger partial charge in [0.2, 0.25) is 0 Å². The first kappa shape index (κ1) is 9.64. The highest BCUT2D eigenvalue weighted by atomic mass is 16.5. The van der Waals surface area contributed by atoms with Crippen LogP contribution in [0.25, 0.3) is 0 Å². The summed E-state index contributed by atoms with van der Waals surface area (Å²) in [5.41, 5.74) is 0.638. The second kappa shape index (κ2) is 3.21. The van der Waals surface area contributed by atoms with Crippen molar-refractivity contribution in [3.05, 3.63) is 0 Å². The monoisotopic (exact) mass is 209 g/mol. The summed E-state index contributed by atoms with van der Waals surface area (Å²) in [6.07, 6.45) is 5.36. The smallest absolute Gasteiger partial charge is 0.323 e. The van der Waals surface area contributed by atoms with Gasteiger partial charge in [-0.15, -0.1) is 0 Å². The number of hydrogen-bond donors (Lipinski definition) is 1. The van der Waals surface area contributed by atoms with Gasteiger partial charge in [0.15, 0.2) is 0 Å². The number of hydrogen-bond acceptors (Lipinski definition) is 3. The summed E-state index contributed by atoms with van der Waals surface area (Å²) in [4.78, 5) is 11.7. The molecule has 1 aliphatic heterocycles. The van der Waals surface area contributed by atoms with E-state index in [1.54, 1.807) is 0 Å². The average molecular weight is 209 g/mol. The predicted molar refractivity (Wildman–Crippen MR) is 56.3 cm³/mol. The van der Waals surface area contributed by atoms with E-state index in [0.29, 0.717) is 17.9 Å². The Morgan fingerprint density at radius 3 is 2.93 bits per heavy atom. The summed E-state index contributed by atoms with van der Waals surface area (Å²) in [5.74, 6) is 1.29. The summed E-state index contributed by atoms with van der Waals surface area (Å²) < 4.78 is 5.12. The van der Waals surface area contributed by atoms with E-state index >= 15 is 0 Å². The van der Waals surface area contributed by atoms with Gasteiger partial charge in [-0.1, -0.05) is 0 Å². The van der Waals surface area contributed by atoms with Gasteiger partial charge in [0.1, 0.15) is 6.04 Å². The molecule has 0 bridgehead atoms. The maximum atomic E-state index is 11.7. The zero-order valence-corrected chi connectivity index (χ0v) is 9.29. The Kier molecular flexibility index (Phi) is 2.06. The van der Waals surface area contributed by atoms with Gasteiger partial charge < -0.3 is 10.1 Å². The second-order valence-electron chi connectivity index (χ2n) is 5.31. The van der Waals surface area contributed by atoms with E-state index in [4.69, 9.17) is 4.74 Å². The molecule has 0 radical (unpaired) electrons. The lowest BCUT2D eigenvalue weighted by molar-refractivity contribution is -0.146. The Bertz CT molecular complexity index is 285. The van der Waals surface area contributed by atoms with Crippen molar-refractivity contribution >= 4 is 5.97 Å². The third kappa shape index (κ3) is 1.32. The molecule has 1 unspecified atom stereocenters. The summed E-state index contributed by atoms with van der Waals surface area (Å²) >= 11 is 0. The molecular weight excluding hydrogens is 190 g/mol. The normalized spacial score (nSPS) is 40.5. The SMILES string of the molecule is CCOC(=O)[C@H]1NCC2[C@@H]1CCC21CC1. The minimum atomic E-state index is -0.0253. The maximum absolute atomic E-state index is 11.7. The molecule has 1 heterocycles. The van der Waals surface area contributed by atoms with E-state index < -0.39 is 0 Å². The lowest BCUT2D eigenvalue weighted by Gasteiger charge is -2.17.